The Labute approximate surface area is 188 Å². The Hall–Kier alpha value is -2.95. The summed E-state index contributed by atoms with van der Waals surface area (Å²) in [5, 5.41) is 7.82. The normalized spacial score (nSPS) is 14.8. The molecular weight excluding hydrogens is 432 g/mol. The number of ether oxygens (including phenoxy) is 1. The van der Waals surface area contributed by atoms with E-state index in [0.717, 1.165) is 11.3 Å². The number of benzene rings is 2. The van der Waals surface area contributed by atoms with Crippen molar-refractivity contribution in [1.29, 1.82) is 0 Å². The van der Waals surface area contributed by atoms with Crippen molar-refractivity contribution in [1.82, 2.24) is 9.80 Å². The summed E-state index contributed by atoms with van der Waals surface area (Å²) in [6.07, 6.45) is 1.11. The highest BCUT2D eigenvalue weighted by Crippen LogP contribution is 2.15. The van der Waals surface area contributed by atoms with Crippen molar-refractivity contribution in [3.63, 3.8) is 0 Å². The Morgan fingerprint density at radius 1 is 1.06 bits per heavy atom. The third-order valence-electron chi connectivity index (χ3n) is 5.33. The number of nitrogens with zero attached hydrogens (tertiary/aromatic N) is 2. The van der Waals surface area contributed by atoms with Crippen molar-refractivity contribution in [2.45, 2.75) is 17.7 Å². The molecule has 0 radical (unpaired) electrons. The zero-order chi connectivity index (χ0) is 23.1. The van der Waals surface area contributed by atoms with Crippen LogP contribution >= 0.6 is 0 Å². The highest BCUT2D eigenvalue weighted by Gasteiger charge is 2.22. The number of sulfonamides is 1. The minimum absolute atomic E-state index is 0.0583. The Balaban J connectivity index is 1.42. The molecule has 1 saturated heterocycles. The molecular formula is C22H28N4O5S. The lowest BCUT2D eigenvalue weighted by atomic mass is 10.1. The SMILES string of the molecule is COc1ccc(CCC(=O)N2CCN(CC(=O)Nc3cccc(S(N)(=O)=O)c3)CC2)cc1. The van der Waals surface area contributed by atoms with Gasteiger partial charge in [0.2, 0.25) is 21.8 Å². The Kier molecular flexibility index (Phi) is 7.84. The van der Waals surface area contributed by atoms with Gasteiger partial charge in [0.05, 0.1) is 18.6 Å². The molecule has 2 amide bonds. The molecule has 9 nitrogen and oxygen atoms in total. The molecule has 0 aromatic heterocycles. The standard InChI is InChI=1S/C22H28N4O5S/c1-31-19-8-5-17(6-9-19)7-10-22(28)26-13-11-25(12-14-26)16-21(27)24-18-3-2-4-20(15-18)32(23,29)30/h2-6,8-9,15H,7,10-14,16H2,1H3,(H,24,27)(H2,23,29,30). The quantitative estimate of drug-likeness (QED) is 0.607. The molecule has 32 heavy (non-hydrogen) atoms. The maximum atomic E-state index is 12.5. The van der Waals surface area contributed by atoms with Crippen molar-refractivity contribution in [2.75, 3.05) is 45.2 Å². The monoisotopic (exact) mass is 460 g/mol. The van der Waals surface area contributed by atoms with Gasteiger partial charge in [0.25, 0.3) is 0 Å². The van der Waals surface area contributed by atoms with Gasteiger partial charge in [-0.2, -0.15) is 0 Å². The molecule has 1 fully saturated rings. The summed E-state index contributed by atoms with van der Waals surface area (Å²) >= 11 is 0. The lowest BCUT2D eigenvalue weighted by Gasteiger charge is -2.34. The van der Waals surface area contributed by atoms with Crippen LogP contribution in [0.4, 0.5) is 5.69 Å². The van der Waals surface area contributed by atoms with E-state index in [4.69, 9.17) is 9.88 Å². The zero-order valence-electron chi connectivity index (χ0n) is 18.0. The maximum Gasteiger partial charge on any atom is 0.238 e. The second-order valence-corrected chi connectivity index (χ2v) is 9.19. The summed E-state index contributed by atoms with van der Waals surface area (Å²) in [5.41, 5.74) is 1.45. The summed E-state index contributed by atoms with van der Waals surface area (Å²) in [5.74, 6) is 0.637. The average Bonchev–Trinajstić information content (AvgIpc) is 2.78. The van der Waals surface area contributed by atoms with Gasteiger partial charge < -0.3 is 15.0 Å². The third kappa shape index (κ3) is 6.78. The number of piperazine rings is 1. The Morgan fingerprint density at radius 2 is 1.75 bits per heavy atom. The molecule has 2 aromatic carbocycles. The fraction of sp³-hybridized carbons (Fsp3) is 0.364. The van der Waals surface area contributed by atoms with Gasteiger partial charge in [-0.25, -0.2) is 13.6 Å². The highest BCUT2D eigenvalue weighted by molar-refractivity contribution is 7.89. The van der Waals surface area contributed by atoms with Crippen molar-refractivity contribution in [2.24, 2.45) is 5.14 Å². The highest BCUT2D eigenvalue weighted by atomic mass is 32.2. The fourth-order valence-corrected chi connectivity index (χ4v) is 4.07. The van der Waals surface area contributed by atoms with Crippen LogP contribution in [0.1, 0.15) is 12.0 Å². The number of methoxy groups -OCH3 is 1. The molecule has 172 valence electrons. The summed E-state index contributed by atoms with van der Waals surface area (Å²) in [4.78, 5) is 28.6. The van der Waals surface area contributed by atoms with E-state index in [2.05, 4.69) is 5.32 Å². The van der Waals surface area contributed by atoms with Gasteiger partial charge in [-0.1, -0.05) is 18.2 Å². The second kappa shape index (κ2) is 10.6. The van der Waals surface area contributed by atoms with Gasteiger partial charge in [0.15, 0.2) is 0 Å². The second-order valence-electron chi connectivity index (χ2n) is 7.63. The molecule has 0 atom stereocenters. The van der Waals surface area contributed by atoms with E-state index in [1.807, 2.05) is 34.1 Å². The lowest BCUT2D eigenvalue weighted by Crippen LogP contribution is -2.50. The van der Waals surface area contributed by atoms with E-state index in [1.165, 1.54) is 18.2 Å². The number of carbonyl (C=O) groups excluding carboxylic acids is 2. The minimum atomic E-state index is -3.83. The number of nitrogens with two attached hydrogens (primary N) is 1. The van der Waals surface area contributed by atoms with E-state index in [0.29, 0.717) is 44.7 Å². The number of aryl methyl sites for hydroxylation is 1. The minimum Gasteiger partial charge on any atom is -0.497 e. The number of anilines is 1. The van der Waals surface area contributed by atoms with Gasteiger partial charge in [-0.15, -0.1) is 0 Å². The van der Waals surface area contributed by atoms with E-state index >= 15 is 0 Å². The van der Waals surface area contributed by atoms with Crippen LogP contribution in [0.5, 0.6) is 5.75 Å². The van der Waals surface area contributed by atoms with Crippen LogP contribution in [0.15, 0.2) is 53.4 Å². The molecule has 0 unspecified atom stereocenters. The number of rotatable bonds is 8. The molecule has 10 heteroatoms. The van der Waals surface area contributed by atoms with Crippen LogP contribution in [0.25, 0.3) is 0 Å². The van der Waals surface area contributed by atoms with Gasteiger partial charge in [0.1, 0.15) is 5.75 Å². The number of nitrogens with one attached hydrogen (secondary N) is 1. The summed E-state index contributed by atoms with van der Waals surface area (Å²) in [7, 11) is -2.21. The van der Waals surface area contributed by atoms with Crippen LogP contribution < -0.4 is 15.2 Å². The predicted molar refractivity (Wildman–Crippen MR) is 121 cm³/mol. The third-order valence-corrected chi connectivity index (χ3v) is 6.24. The van der Waals surface area contributed by atoms with Gasteiger partial charge >= 0.3 is 0 Å². The summed E-state index contributed by atoms with van der Waals surface area (Å²) in [6.45, 7) is 2.48. The molecule has 1 aliphatic rings. The van der Waals surface area contributed by atoms with Crippen molar-refractivity contribution in [3.05, 3.63) is 54.1 Å². The first-order valence-corrected chi connectivity index (χ1v) is 11.8. The topological polar surface area (TPSA) is 122 Å². The lowest BCUT2D eigenvalue weighted by molar-refractivity contribution is -0.133. The van der Waals surface area contributed by atoms with Crippen molar-refractivity contribution < 1.29 is 22.7 Å². The number of amides is 2. The van der Waals surface area contributed by atoms with Gasteiger partial charge in [-0.05, 0) is 42.3 Å². The smallest absolute Gasteiger partial charge is 0.238 e. The number of primary sulfonamides is 1. The average molecular weight is 461 g/mol. The van der Waals surface area contributed by atoms with E-state index < -0.39 is 10.0 Å². The molecule has 3 rings (SSSR count). The molecule has 1 heterocycles. The molecule has 0 saturated carbocycles. The number of hydrogen-bond donors (Lipinski definition) is 2. The molecule has 2 aromatic rings. The predicted octanol–water partition coefficient (Wildman–Crippen LogP) is 1.06. The number of carbonyl (C=O) groups is 2. The van der Waals surface area contributed by atoms with Gasteiger partial charge in [0, 0.05) is 38.3 Å². The summed E-state index contributed by atoms with van der Waals surface area (Å²) < 4.78 is 28.0. The first-order valence-electron chi connectivity index (χ1n) is 10.3. The van der Waals surface area contributed by atoms with Crippen molar-refractivity contribution in [3.8, 4) is 5.75 Å². The van der Waals surface area contributed by atoms with Gasteiger partial charge in [-0.3, -0.25) is 14.5 Å². The van der Waals surface area contributed by atoms with E-state index in [9.17, 15) is 18.0 Å². The fourth-order valence-electron chi connectivity index (χ4n) is 3.51. The number of hydrogen-bond acceptors (Lipinski definition) is 6. The molecule has 3 N–H and O–H groups in total. The largest absolute Gasteiger partial charge is 0.497 e. The van der Waals surface area contributed by atoms with E-state index in [1.54, 1.807) is 13.2 Å². The van der Waals surface area contributed by atoms with Crippen LogP contribution in [-0.4, -0.2) is 69.9 Å². The Morgan fingerprint density at radius 3 is 2.38 bits per heavy atom. The summed E-state index contributed by atoms with van der Waals surface area (Å²) in [6, 6.07) is 13.5. The molecule has 1 aliphatic heterocycles. The zero-order valence-corrected chi connectivity index (χ0v) is 18.8. The van der Waals surface area contributed by atoms with Crippen LogP contribution in [0.2, 0.25) is 0 Å². The molecule has 0 spiro atoms. The van der Waals surface area contributed by atoms with Crippen molar-refractivity contribution >= 4 is 27.5 Å². The molecule has 0 aliphatic carbocycles. The van der Waals surface area contributed by atoms with Crippen LogP contribution in [-0.2, 0) is 26.0 Å². The maximum absolute atomic E-state index is 12.5. The van der Waals surface area contributed by atoms with E-state index in [-0.39, 0.29) is 23.3 Å². The first kappa shape index (κ1) is 23.7. The van der Waals surface area contributed by atoms with Crippen LogP contribution in [0, 0.1) is 0 Å². The van der Waals surface area contributed by atoms with Crippen LogP contribution in [0.3, 0.4) is 0 Å². The Bertz CT molecular complexity index is 1050. The molecule has 0 bridgehead atoms. The first-order chi connectivity index (χ1) is 15.2.